The summed E-state index contributed by atoms with van der Waals surface area (Å²) in [6.07, 6.45) is 4.97. The molecule has 1 aromatic heterocycles. The highest BCUT2D eigenvalue weighted by atomic mass is 16.5. The molecule has 2 aliphatic rings. The Hall–Kier alpha value is -1.44. The molecule has 0 N–H and O–H groups in total. The number of ether oxygens (including phenoxy) is 2. The van der Waals surface area contributed by atoms with E-state index in [0.717, 1.165) is 45.1 Å². The molecule has 1 saturated heterocycles. The molecule has 0 saturated carbocycles. The lowest BCUT2D eigenvalue weighted by Gasteiger charge is -2.28. The third kappa shape index (κ3) is 4.10. The Morgan fingerprint density at radius 3 is 3.09 bits per heavy atom. The Morgan fingerprint density at radius 1 is 1.48 bits per heavy atom. The number of fused-ring (bicyclic) bond motifs is 1. The highest BCUT2D eigenvalue weighted by molar-refractivity contribution is 5.76. The van der Waals surface area contributed by atoms with E-state index in [1.165, 1.54) is 0 Å². The molecule has 0 bridgehead atoms. The van der Waals surface area contributed by atoms with Crippen LogP contribution in [-0.4, -0.2) is 78.4 Å². The van der Waals surface area contributed by atoms with Crippen LogP contribution in [0.1, 0.15) is 12.2 Å². The number of nitrogens with zero attached hydrogens (tertiary/aromatic N) is 4. The molecule has 2 aliphatic heterocycles. The summed E-state index contributed by atoms with van der Waals surface area (Å²) in [7, 11) is 3.49. The van der Waals surface area contributed by atoms with Crippen molar-refractivity contribution in [2.45, 2.75) is 25.6 Å². The van der Waals surface area contributed by atoms with E-state index in [0.29, 0.717) is 18.6 Å². The first-order valence-electron chi connectivity index (χ1n) is 8.23. The Labute approximate surface area is 137 Å². The molecule has 2 atom stereocenters. The number of likely N-dealkylation sites (N-methyl/N-ethyl adjacent to an activating group) is 1. The van der Waals surface area contributed by atoms with Gasteiger partial charge in [0.2, 0.25) is 5.91 Å². The molecule has 0 spiro atoms. The zero-order valence-corrected chi connectivity index (χ0v) is 14.0. The standard InChI is InChI=1S/C16H26N4O3/c1-18(2)16(21)12-23-10-13-7-19-5-4-17-15(19)9-20(8-13)14-3-6-22-11-14/h4-5,13-14H,3,6-12H2,1-2H3/t13-,14+/m1/s1. The van der Waals surface area contributed by atoms with Crippen LogP contribution in [0, 0.1) is 5.92 Å². The van der Waals surface area contributed by atoms with Crippen LogP contribution in [0.2, 0.25) is 0 Å². The molecule has 0 aliphatic carbocycles. The van der Waals surface area contributed by atoms with Gasteiger partial charge in [-0.25, -0.2) is 4.98 Å². The molecule has 1 aromatic rings. The van der Waals surface area contributed by atoms with Crippen LogP contribution in [0.25, 0.3) is 0 Å². The minimum absolute atomic E-state index is 0.00277. The number of aromatic nitrogens is 2. The van der Waals surface area contributed by atoms with Crippen molar-refractivity contribution in [2.75, 3.05) is 47.1 Å². The van der Waals surface area contributed by atoms with E-state index < -0.39 is 0 Å². The number of carbonyl (C=O) groups is 1. The van der Waals surface area contributed by atoms with E-state index in [2.05, 4.69) is 14.5 Å². The maximum atomic E-state index is 11.6. The van der Waals surface area contributed by atoms with Crippen LogP contribution in [-0.2, 0) is 27.4 Å². The molecular formula is C16H26N4O3. The fourth-order valence-corrected chi connectivity index (χ4v) is 3.21. The molecular weight excluding hydrogens is 296 g/mol. The summed E-state index contributed by atoms with van der Waals surface area (Å²) >= 11 is 0. The SMILES string of the molecule is CN(C)C(=O)COC[C@H]1CN([C@H]2CCOC2)Cc2nccn2C1. The van der Waals surface area contributed by atoms with Gasteiger partial charge >= 0.3 is 0 Å². The van der Waals surface area contributed by atoms with E-state index in [1.54, 1.807) is 19.0 Å². The summed E-state index contributed by atoms with van der Waals surface area (Å²) in [5.41, 5.74) is 0. The number of carbonyl (C=O) groups excluding carboxylic acids is 1. The van der Waals surface area contributed by atoms with Gasteiger partial charge < -0.3 is 18.9 Å². The molecule has 0 unspecified atom stereocenters. The van der Waals surface area contributed by atoms with Crippen LogP contribution in [0.5, 0.6) is 0 Å². The van der Waals surface area contributed by atoms with Crippen molar-refractivity contribution in [3.05, 3.63) is 18.2 Å². The predicted molar refractivity (Wildman–Crippen MR) is 84.9 cm³/mol. The third-order valence-electron chi connectivity index (χ3n) is 4.59. The molecule has 0 aromatic carbocycles. The average Bonchev–Trinajstić information content (AvgIpc) is 3.16. The van der Waals surface area contributed by atoms with Gasteiger partial charge in [0.05, 0.1) is 19.8 Å². The first-order valence-corrected chi connectivity index (χ1v) is 8.23. The average molecular weight is 322 g/mol. The van der Waals surface area contributed by atoms with Gasteiger partial charge in [-0.3, -0.25) is 9.69 Å². The molecule has 23 heavy (non-hydrogen) atoms. The molecule has 1 fully saturated rings. The van der Waals surface area contributed by atoms with Gasteiger partial charge in [0.15, 0.2) is 0 Å². The summed E-state index contributed by atoms with van der Waals surface area (Å²) in [6.45, 7) is 5.06. The van der Waals surface area contributed by atoms with Gasteiger partial charge in [0.25, 0.3) is 0 Å². The molecule has 7 heteroatoms. The molecule has 1 amide bonds. The fourth-order valence-electron chi connectivity index (χ4n) is 3.21. The molecule has 128 valence electrons. The van der Waals surface area contributed by atoms with Gasteiger partial charge in [-0.2, -0.15) is 0 Å². The van der Waals surface area contributed by atoms with Crippen molar-refractivity contribution in [2.24, 2.45) is 5.92 Å². The normalized spacial score (nSPS) is 25.1. The zero-order chi connectivity index (χ0) is 16.2. The molecule has 7 nitrogen and oxygen atoms in total. The summed E-state index contributed by atoms with van der Waals surface area (Å²) in [5.74, 6) is 1.45. The van der Waals surface area contributed by atoms with Gasteiger partial charge in [0, 0.05) is 58.1 Å². The molecule has 3 rings (SSSR count). The predicted octanol–water partition coefficient (Wildman–Crippen LogP) is 0.209. The maximum absolute atomic E-state index is 11.6. The van der Waals surface area contributed by atoms with Crippen molar-refractivity contribution >= 4 is 5.91 Å². The first kappa shape index (κ1) is 16.4. The Morgan fingerprint density at radius 2 is 2.35 bits per heavy atom. The van der Waals surface area contributed by atoms with Crippen LogP contribution in [0.4, 0.5) is 0 Å². The zero-order valence-electron chi connectivity index (χ0n) is 14.0. The van der Waals surface area contributed by atoms with Crippen molar-refractivity contribution in [1.29, 1.82) is 0 Å². The maximum Gasteiger partial charge on any atom is 0.248 e. The van der Waals surface area contributed by atoms with Gasteiger partial charge in [0.1, 0.15) is 12.4 Å². The summed E-state index contributed by atoms with van der Waals surface area (Å²) in [5, 5.41) is 0. The second-order valence-electron chi connectivity index (χ2n) is 6.61. The van der Waals surface area contributed by atoms with Gasteiger partial charge in [-0.15, -0.1) is 0 Å². The Kier molecular flexibility index (Phi) is 5.30. The van der Waals surface area contributed by atoms with Crippen LogP contribution >= 0.6 is 0 Å². The lowest BCUT2D eigenvalue weighted by Crippen LogP contribution is -2.39. The second kappa shape index (κ2) is 7.42. The topological polar surface area (TPSA) is 59.8 Å². The minimum atomic E-state index is 0.00277. The smallest absolute Gasteiger partial charge is 0.248 e. The van der Waals surface area contributed by atoms with E-state index in [4.69, 9.17) is 9.47 Å². The van der Waals surface area contributed by atoms with Crippen LogP contribution in [0.15, 0.2) is 12.4 Å². The second-order valence-corrected chi connectivity index (χ2v) is 6.61. The fraction of sp³-hybridized carbons (Fsp3) is 0.750. The van der Waals surface area contributed by atoms with Crippen LogP contribution in [0.3, 0.4) is 0 Å². The van der Waals surface area contributed by atoms with E-state index in [-0.39, 0.29) is 12.5 Å². The summed E-state index contributed by atoms with van der Waals surface area (Å²) < 4.78 is 13.4. The van der Waals surface area contributed by atoms with E-state index in [9.17, 15) is 4.79 Å². The number of rotatable bonds is 5. The molecule has 0 radical (unpaired) electrons. The van der Waals surface area contributed by atoms with E-state index in [1.807, 2.05) is 12.4 Å². The monoisotopic (exact) mass is 322 g/mol. The Bertz CT molecular complexity index is 525. The van der Waals surface area contributed by atoms with Crippen molar-refractivity contribution in [3.8, 4) is 0 Å². The minimum Gasteiger partial charge on any atom is -0.380 e. The Balaban J connectivity index is 1.61. The largest absolute Gasteiger partial charge is 0.380 e. The van der Waals surface area contributed by atoms with Crippen molar-refractivity contribution < 1.29 is 14.3 Å². The van der Waals surface area contributed by atoms with E-state index >= 15 is 0 Å². The number of hydrogen-bond acceptors (Lipinski definition) is 5. The van der Waals surface area contributed by atoms with Gasteiger partial charge in [-0.05, 0) is 6.42 Å². The van der Waals surface area contributed by atoms with Crippen molar-refractivity contribution in [1.82, 2.24) is 19.4 Å². The highest BCUT2D eigenvalue weighted by Crippen LogP contribution is 2.21. The molecule has 3 heterocycles. The van der Waals surface area contributed by atoms with Gasteiger partial charge in [-0.1, -0.05) is 0 Å². The highest BCUT2D eigenvalue weighted by Gasteiger charge is 2.29. The number of hydrogen-bond donors (Lipinski definition) is 0. The third-order valence-corrected chi connectivity index (χ3v) is 4.59. The summed E-state index contributed by atoms with van der Waals surface area (Å²) in [6, 6.07) is 0.462. The number of amides is 1. The lowest BCUT2D eigenvalue weighted by atomic mass is 10.1. The van der Waals surface area contributed by atoms with Crippen LogP contribution < -0.4 is 0 Å². The number of imidazole rings is 1. The first-order chi connectivity index (χ1) is 11.1. The summed E-state index contributed by atoms with van der Waals surface area (Å²) in [4.78, 5) is 20.1. The quantitative estimate of drug-likeness (QED) is 0.775. The lowest BCUT2D eigenvalue weighted by molar-refractivity contribution is -0.134. The van der Waals surface area contributed by atoms with Crippen molar-refractivity contribution in [3.63, 3.8) is 0 Å².